The molecule has 20 heavy (non-hydrogen) atoms. The third-order valence-corrected chi connectivity index (χ3v) is 4.27. The fraction of sp³-hybridized carbons (Fsp3) is 0.312. The van der Waals surface area contributed by atoms with Gasteiger partial charge in [-0.2, -0.15) is 0 Å². The van der Waals surface area contributed by atoms with Crippen LogP contribution < -0.4 is 4.74 Å². The molecule has 1 aromatic carbocycles. The zero-order chi connectivity index (χ0) is 13.7. The van der Waals surface area contributed by atoms with Gasteiger partial charge in [-0.3, -0.25) is 4.98 Å². The maximum absolute atomic E-state index is 9.71. The third-order valence-electron chi connectivity index (χ3n) is 4.27. The minimum absolute atomic E-state index is 0.235. The van der Waals surface area contributed by atoms with Gasteiger partial charge < -0.3 is 14.7 Å². The van der Waals surface area contributed by atoms with E-state index in [2.05, 4.69) is 16.9 Å². The highest BCUT2D eigenvalue weighted by atomic mass is 16.5. The van der Waals surface area contributed by atoms with Gasteiger partial charge in [-0.1, -0.05) is 6.07 Å². The normalized spacial score (nSPS) is 24.2. The fourth-order valence-electron chi connectivity index (χ4n) is 3.40. The molecule has 3 heterocycles. The van der Waals surface area contributed by atoms with Gasteiger partial charge >= 0.3 is 0 Å². The Bertz CT molecular complexity index is 671. The Balaban J connectivity index is 1.93. The SMILES string of the molecule is CN1C[C@@H]2c3ncccc3Oc3cc(O)ccc3[C@@H]2C1. The molecule has 0 unspecified atom stereocenters. The Morgan fingerprint density at radius 2 is 2.05 bits per heavy atom. The Morgan fingerprint density at radius 1 is 1.20 bits per heavy atom. The predicted octanol–water partition coefficient (Wildman–Crippen LogP) is 2.71. The first kappa shape index (κ1) is 11.7. The quantitative estimate of drug-likeness (QED) is 0.798. The number of nitrogens with zero attached hydrogens (tertiary/aromatic N) is 2. The van der Waals surface area contributed by atoms with Crippen molar-refractivity contribution < 1.29 is 9.84 Å². The summed E-state index contributed by atoms with van der Waals surface area (Å²) in [5.74, 6) is 2.51. The lowest BCUT2D eigenvalue weighted by atomic mass is 9.86. The van der Waals surface area contributed by atoms with Crippen LogP contribution in [0.5, 0.6) is 17.2 Å². The molecule has 2 aliphatic rings. The molecule has 2 aromatic rings. The monoisotopic (exact) mass is 268 g/mol. The number of ether oxygens (including phenoxy) is 1. The summed E-state index contributed by atoms with van der Waals surface area (Å²) in [4.78, 5) is 6.88. The Hall–Kier alpha value is -2.07. The van der Waals surface area contributed by atoms with Crippen LogP contribution in [0.25, 0.3) is 0 Å². The van der Waals surface area contributed by atoms with E-state index in [9.17, 15) is 5.11 Å². The van der Waals surface area contributed by atoms with Crippen molar-refractivity contribution in [3.63, 3.8) is 0 Å². The van der Waals surface area contributed by atoms with E-state index >= 15 is 0 Å². The summed E-state index contributed by atoms with van der Waals surface area (Å²) in [5.41, 5.74) is 2.19. The number of phenols is 1. The molecule has 0 radical (unpaired) electrons. The molecule has 1 N–H and O–H groups in total. The standard InChI is InChI=1S/C16H16N2O2/c1-18-8-12-11-5-4-10(19)7-15(11)20-14-3-2-6-17-16(14)13(12)9-18/h2-7,12-13,19H,8-9H2,1H3/t12-,13-/m0/s1. The number of rotatable bonds is 0. The van der Waals surface area contributed by atoms with Gasteiger partial charge in [-0.25, -0.2) is 0 Å². The second-order valence-electron chi connectivity index (χ2n) is 5.65. The molecule has 1 aromatic heterocycles. The van der Waals surface area contributed by atoms with Crippen LogP contribution in [0.2, 0.25) is 0 Å². The number of aromatic hydroxyl groups is 1. The first-order chi connectivity index (χ1) is 9.72. The molecule has 0 spiro atoms. The van der Waals surface area contributed by atoms with Crippen molar-refractivity contribution in [2.24, 2.45) is 0 Å². The van der Waals surface area contributed by atoms with Crippen LogP contribution >= 0.6 is 0 Å². The predicted molar refractivity (Wildman–Crippen MR) is 75.4 cm³/mol. The average Bonchev–Trinajstić information content (AvgIpc) is 2.76. The molecular weight excluding hydrogens is 252 g/mol. The van der Waals surface area contributed by atoms with Crippen LogP contribution in [0, 0.1) is 0 Å². The molecular formula is C16H16N2O2. The highest BCUT2D eigenvalue weighted by molar-refractivity contribution is 5.50. The Kier molecular flexibility index (Phi) is 2.47. The number of benzene rings is 1. The number of hydrogen-bond acceptors (Lipinski definition) is 4. The molecule has 2 aliphatic heterocycles. The van der Waals surface area contributed by atoms with E-state index < -0.39 is 0 Å². The summed E-state index contributed by atoms with van der Waals surface area (Å²) in [6.45, 7) is 1.97. The van der Waals surface area contributed by atoms with Crippen LogP contribution in [0.15, 0.2) is 36.5 Å². The van der Waals surface area contributed by atoms with Crippen molar-refractivity contribution in [3.05, 3.63) is 47.8 Å². The molecule has 4 nitrogen and oxygen atoms in total. The fourth-order valence-corrected chi connectivity index (χ4v) is 3.40. The van der Waals surface area contributed by atoms with Gasteiger partial charge in [0, 0.05) is 42.8 Å². The average molecular weight is 268 g/mol. The van der Waals surface area contributed by atoms with Crippen molar-refractivity contribution in [3.8, 4) is 17.2 Å². The first-order valence-electron chi connectivity index (χ1n) is 6.86. The molecule has 0 bridgehead atoms. The van der Waals surface area contributed by atoms with Crippen LogP contribution in [0.3, 0.4) is 0 Å². The maximum Gasteiger partial charge on any atom is 0.149 e. The molecule has 1 fully saturated rings. The van der Waals surface area contributed by atoms with E-state index in [1.54, 1.807) is 12.1 Å². The molecule has 0 amide bonds. The van der Waals surface area contributed by atoms with E-state index in [1.807, 2.05) is 24.4 Å². The van der Waals surface area contributed by atoms with Gasteiger partial charge in [0.15, 0.2) is 0 Å². The lowest BCUT2D eigenvalue weighted by molar-refractivity contribution is 0.399. The van der Waals surface area contributed by atoms with Crippen LogP contribution in [0.4, 0.5) is 0 Å². The minimum atomic E-state index is 0.235. The number of pyridine rings is 1. The smallest absolute Gasteiger partial charge is 0.149 e. The number of aromatic nitrogens is 1. The third kappa shape index (κ3) is 1.68. The van der Waals surface area contributed by atoms with Gasteiger partial charge in [-0.15, -0.1) is 0 Å². The summed E-state index contributed by atoms with van der Waals surface area (Å²) < 4.78 is 6.01. The van der Waals surface area contributed by atoms with E-state index in [-0.39, 0.29) is 5.75 Å². The summed E-state index contributed by atoms with van der Waals surface area (Å²) in [7, 11) is 2.14. The lowest BCUT2D eigenvalue weighted by Gasteiger charge is -2.16. The summed E-state index contributed by atoms with van der Waals surface area (Å²) in [6.07, 6.45) is 1.82. The number of fused-ring (bicyclic) bond motifs is 5. The summed E-state index contributed by atoms with van der Waals surface area (Å²) >= 11 is 0. The molecule has 0 saturated carbocycles. The van der Waals surface area contributed by atoms with Gasteiger partial charge in [0.05, 0.1) is 5.69 Å². The Labute approximate surface area is 117 Å². The van der Waals surface area contributed by atoms with E-state index in [0.717, 1.165) is 35.8 Å². The largest absolute Gasteiger partial charge is 0.508 e. The molecule has 1 saturated heterocycles. The molecule has 102 valence electrons. The molecule has 0 aliphatic carbocycles. The van der Waals surface area contributed by atoms with Crippen molar-refractivity contribution in [1.29, 1.82) is 0 Å². The number of hydrogen-bond donors (Lipinski definition) is 1. The van der Waals surface area contributed by atoms with Crippen molar-refractivity contribution >= 4 is 0 Å². The second-order valence-corrected chi connectivity index (χ2v) is 5.65. The van der Waals surface area contributed by atoms with E-state index in [1.165, 1.54) is 0 Å². The zero-order valence-electron chi connectivity index (χ0n) is 11.3. The van der Waals surface area contributed by atoms with E-state index in [0.29, 0.717) is 11.8 Å². The highest BCUT2D eigenvalue weighted by Crippen LogP contribution is 2.49. The van der Waals surface area contributed by atoms with Crippen molar-refractivity contribution in [2.75, 3.05) is 20.1 Å². The minimum Gasteiger partial charge on any atom is -0.508 e. The van der Waals surface area contributed by atoms with Gasteiger partial charge in [0.1, 0.15) is 17.2 Å². The van der Waals surface area contributed by atoms with Crippen molar-refractivity contribution in [2.45, 2.75) is 11.8 Å². The second kappa shape index (κ2) is 4.21. The van der Waals surface area contributed by atoms with Gasteiger partial charge in [0.2, 0.25) is 0 Å². The lowest BCUT2D eigenvalue weighted by Crippen LogP contribution is -2.14. The number of phenolic OH excluding ortho intramolecular Hbond substituents is 1. The van der Waals surface area contributed by atoms with Crippen LogP contribution in [-0.2, 0) is 0 Å². The Morgan fingerprint density at radius 3 is 2.95 bits per heavy atom. The molecule has 4 heteroatoms. The summed E-state index contributed by atoms with van der Waals surface area (Å²) in [5, 5.41) is 9.71. The van der Waals surface area contributed by atoms with E-state index in [4.69, 9.17) is 4.74 Å². The maximum atomic E-state index is 9.71. The van der Waals surface area contributed by atoms with Gasteiger partial charge in [0.25, 0.3) is 0 Å². The van der Waals surface area contributed by atoms with Crippen molar-refractivity contribution in [1.82, 2.24) is 9.88 Å². The summed E-state index contributed by atoms with van der Waals surface area (Å²) in [6, 6.07) is 9.26. The first-order valence-corrected chi connectivity index (χ1v) is 6.86. The van der Waals surface area contributed by atoms with Crippen LogP contribution in [-0.4, -0.2) is 35.1 Å². The number of likely N-dealkylation sites (tertiary alicyclic amines) is 1. The topological polar surface area (TPSA) is 45.6 Å². The molecule has 4 rings (SSSR count). The van der Waals surface area contributed by atoms with Gasteiger partial charge in [-0.05, 0) is 25.2 Å². The van der Waals surface area contributed by atoms with Crippen LogP contribution in [0.1, 0.15) is 23.1 Å². The highest BCUT2D eigenvalue weighted by Gasteiger charge is 2.39. The molecule has 2 atom stereocenters. The number of likely N-dealkylation sites (N-methyl/N-ethyl adjacent to an activating group) is 1. The zero-order valence-corrected chi connectivity index (χ0v) is 11.3.